The first kappa shape index (κ1) is 14.5. The second kappa shape index (κ2) is 5.36. The lowest BCUT2D eigenvalue weighted by atomic mass is 9.92. The molecule has 100 valence electrons. The third kappa shape index (κ3) is 3.68. The van der Waals surface area contributed by atoms with Gasteiger partial charge < -0.3 is 16.0 Å². The molecule has 0 saturated heterocycles. The van der Waals surface area contributed by atoms with Crippen molar-refractivity contribution in [1.29, 1.82) is 0 Å². The maximum Gasteiger partial charge on any atom is 0.237 e. The molecule has 0 bridgehead atoms. The average Bonchev–Trinajstić information content (AvgIpc) is 2.93. The van der Waals surface area contributed by atoms with Gasteiger partial charge in [-0.25, -0.2) is 0 Å². The molecule has 1 amide bonds. The number of hydrogen-bond acceptors (Lipinski definition) is 3. The van der Waals surface area contributed by atoms with E-state index in [1.165, 1.54) is 6.42 Å². The predicted molar refractivity (Wildman–Crippen MR) is 70.6 cm³/mol. The molecule has 0 aromatic carbocycles. The minimum Gasteiger partial charge on any atom is -0.368 e. The molecule has 0 aromatic heterocycles. The molecule has 17 heavy (non-hydrogen) atoms. The van der Waals surface area contributed by atoms with Crippen molar-refractivity contribution in [3.8, 4) is 0 Å². The summed E-state index contributed by atoms with van der Waals surface area (Å²) < 4.78 is 0. The van der Waals surface area contributed by atoms with E-state index in [0.717, 1.165) is 24.8 Å². The zero-order valence-corrected chi connectivity index (χ0v) is 11.8. The third-order valence-electron chi connectivity index (χ3n) is 4.35. The van der Waals surface area contributed by atoms with Crippen LogP contribution in [0.15, 0.2) is 0 Å². The lowest BCUT2D eigenvalue weighted by Crippen LogP contribution is -2.54. The summed E-state index contributed by atoms with van der Waals surface area (Å²) in [5, 5.41) is 3.04. The minimum atomic E-state index is -0.608. The van der Waals surface area contributed by atoms with Gasteiger partial charge in [0.15, 0.2) is 0 Å². The Kier molecular flexibility index (Phi) is 4.55. The minimum absolute atomic E-state index is 0.278. The largest absolute Gasteiger partial charge is 0.368 e. The van der Waals surface area contributed by atoms with Gasteiger partial charge >= 0.3 is 0 Å². The Morgan fingerprint density at radius 3 is 2.53 bits per heavy atom. The van der Waals surface area contributed by atoms with Crippen molar-refractivity contribution >= 4 is 5.91 Å². The highest BCUT2D eigenvalue weighted by Crippen LogP contribution is 2.38. The number of nitrogens with one attached hydrogen (secondary N) is 1. The van der Waals surface area contributed by atoms with Crippen molar-refractivity contribution in [3.63, 3.8) is 0 Å². The molecule has 0 heterocycles. The Balaban J connectivity index is 2.46. The van der Waals surface area contributed by atoms with Gasteiger partial charge in [-0.1, -0.05) is 6.92 Å². The van der Waals surface area contributed by atoms with Crippen LogP contribution >= 0.6 is 0 Å². The molecule has 0 aromatic rings. The summed E-state index contributed by atoms with van der Waals surface area (Å²) in [6, 6.07) is 0.354. The second-order valence-corrected chi connectivity index (χ2v) is 5.91. The van der Waals surface area contributed by atoms with Gasteiger partial charge in [0.2, 0.25) is 5.91 Å². The van der Waals surface area contributed by atoms with Crippen LogP contribution in [0.4, 0.5) is 0 Å². The number of nitrogens with two attached hydrogens (primary N) is 1. The molecule has 0 spiro atoms. The van der Waals surface area contributed by atoms with Gasteiger partial charge in [0.05, 0.1) is 5.54 Å². The number of hydrogen-bond donors (Lipinski definition) is 2. The maximum absolute atomic E-state index is 11.4. The number of primary amides is 1. The van der Waals surface area contributed by atoms with Gasteiger partial charge in [0, 0.05) is 12.6 Å². The van der Waals surface area contributed by atoms with Crippen LogP contribution in [0.3, 0.4) is 0 Å². The normalized spacial score (nSPS) is 28.8. The monoisotopic (exact) mass is 241 g/mol. The van der Waals surface area contributed by atoms with Gasteiger partial charge in [0.25, 0.3) is 0 Å². The summed E-state index contributed by atoms with van der Waals surface area (Å²) in [5.41, 5.74) is 4.84. The van der Waals surface area contributed by atoms with E-state index in [1.54, 1.807) is 7.05 Å². The van der Waals surface area contributed by atoms with Crippen molar-refractivity contribution in [2.24, 2.45) is 17.6 Å². The van der Waals surface area contributed by atoms with E-state index in [9.17, 15) is 4.79 Å². The molecular formula is C13H27N3O. The Labute approximate surface area is 105 Å². The zero-order valence-electron chi connectivity index (χ0n) is 11.8. The second-order valence-electron chi connectivity index (χ2n) is 5.91. The number of likely N-dealkylation sites (N-methyl/N-ethyl adjacent to an activating group) is 1. The van der Waals surface area contributed by atoms with E-state index in [4.69, 9.17) is 5.73 Å². The Hall–Kier alpha value is -0.610. The van der Waals surface area contributed by atoms with Crippen LogP contribution in [0.5, 0.6) is 0 Å². The lowest BCUT2D eigenvalue weighted by molar-refractivity contribution is -0.124. The van der Waals surface area contributed by atoms with Crippen LogP contribution in [0.2, 0.25) is 0 Å². The van der Waals surface area contributed by atoms with Crippen molar-refractivity contribution in [3.05, 3.63) is 0 Å². The number of carbonyl (C=O) groups is 1. The molecule has 4 nitrogen and oxygen atoms in total. The topological polar surface area (TPSA) is 58.4 Å². The smallest absolute Gasteiger partial charge is 0.237 e. The molecule has 4 heteroatoms. The third-order valence-corrected chi connectivity index (χ3v) is 4.35. The number of amides is 1. The highest BCUT2D eigenvalue weighted by Gasteiger charge is 2.36. The van der Waals surface area contributed by atoms with Gasteiger partial charge in [-0.3, -0.25) is 4.79 Å². The summed E-state index contributed by atoms with van der Waals surface area (Å²) in [4.78, 5) is 13.8. The fourth-order valence-electron chi connectivity index (χ4n) is 2.28. The molecule has 1 aliphatic rings. The molecule has 0 radical (unpaired) electrons. The fraction of sp³-hybridized carbons (Fsp3) is 0.923. The van der Waals surface area contributed by atoms with E-state index >= 15 is 0 Å². The molecule has 0 aliphatic heterocycles. The number of nitrogens with zero attached hydrogens (tertiary/aromatic N) is 1. The molecule has 1 rings (SSSR count). The van der Waals surface area contributed by atoms with E-state index in [-0.39, 0.29) is 5.91 Å². The van der Waals surface area contributed by atoms with E-state index < -0.39 is 5.54 Å². The number of rotatable bonds is 7. The SMILES string of the molecule is CNC(C)(CC(C)N(C)CC1CC1C)C(N)=O. The predicted octanol–water partition coefficient (Wildman–Crippen LogP) is 0.816. The summed E-state index contributed by atoms with van der Waals surface area (Å²) in [5.74, 6) is 1.44. The van der Waals surface area contributed by atoms with Crippen molar-refractivity contribution < 1.29 is 4.79 Å². The van der Waals surface area contributed by atoms with Crippen LogP contribution in [-0.2, 0) is 4.79 Å². The van der Waals surface area contributed by atoms with Gasteiger partial charge in [0.1, 0.15) is 0 Å². The summed E-state index contributed by atoms with van der Waals surface area (Å²) >= 11 is 0. The van der Waals surface area contributed by atoms with Crippen molar-refractivity contribution in [2.75, 3.05) is 20.6 Å². The van der Waals surface area contributed by atoms with Gasteiger partial charge in [-0.2, -0.15) is 0 Å². The molecule has 1 fully saturated rings. The van der Waals surface area contributed by atoms with Crippen molar-refractivity contribution in [2.45, 2.75) is 45.2 Å². The van der Waals surface area contributed by atoms with Gasteiger partial charge in [-0.15, -0.1) is 0 Å². The summed E-state index contributed by atoms with van der Waals surface area (Å²) in [7, 11) is 3.92. The average molecular weight is 241 g/mol. The highest BCUT2D eigenvalue weighted by molar-refractivity contribution is 5.84. The molecule has 4 atom stereocenters. The highest BCUT2D eigenvalue weighted by atomic mass is 16.1. The molecule has 3 N–H and O–H groups in total. The Morgan fingerprint density at radius 1 is 1.65 bits per heavy atom. The van der Waals surface area contributed by atoms with Crippen LogP contribution in [0.1, 0.15) is 33.6 Å². The zero-order chi connectivity index (χ0) is 13.2. The van der Waals surface area contributed by atoms with Crippen LogP contribution in [-0.4, -0.2) is 43.0 Å². The first-order valence-corrected chi connectivity index (χ1v) is 6.49. The van der Waals surface area contributed by atoms with E-state index in [1.807, 2.05) is 6.92 Å². The quantitative estimate of drug-likeness (QED) is 0.693. The number of carbonyl (C=O) groups excluding carboxylic acids is 1. The lowest BCUT2D eigenvalue weighted by Gasteiger charge is -2.33. The summed E-state index contributed by atoms with van der Waals surface area (Å²) in [6.07, 6.45) is 2.09. The Bertz CT molecular complexity index is 282. The molecular weight excluding hydrogens is 214 g/mol. The van der Waals surface area contributed by atoms with Crippen LogP contribution in [0.25, 0.3) is 0 Å². The first-order chi connectivity index (χ1) is 7.80. The standard InChI is InChI=1S/C13H27N3O/c1-9-6-11(9)8-16(5)10(2)7-13(3,15-4)12(14)17/h9-11,15H,6-8H2,1-5H3,(H2,14,17). The first-order valence-electron chi connectivity index (χ1n) is 6.49. The van der Waals surface area contributed by atoms with E-state index in [0.29, 0.717) is 6.04 Å². The summed E-state index contributed by atoms with van der Waals surface area (Å²) in [6.45, 7) is 7.45. The van der Waals surface area contributed by atoms with Gasteiger partial charge in [-0.05, 0) is 52.6 Å². The fourth-order valence-corrected chi connectivity index (χ4v) is 2.28. The van der Waals surface area contributed by atoms with Crippen molar-refractivity contribution in [1.82, 2.24) is 10.2 Å². The van der Waals surface area contributed by atoms with Crippen LogP contribution < -0.4 is 11.1 Å². The van der Waals surface area contributed by atoms with E-state index in [2.05, 4.69) is 31.1 Å². The van der Waals surface area contributed by atoms with Crippen LogP contribution in [0, 0.1) is 11.8 Å². The molecule has 4 unspecified atom stereocenters. The Morgan fingerprint density at radius 2 is 2.18 bits per heavy atom. The molecule has 1 saturated carbocycles. The molecule has 1 aliphatic carbocycles. The maximum atomic E-state index is 11.4.